The Morgan fingerprint density at radius 1 is 1.14 bits per heavy atom. The molecular weight excluding hydrogens is 304 g/mol. The fraction of sp³-hybridized carbons (Fsp3) is 0.812. The minimum atomic E-state index is -0.742. The monoisotopic (exact) mass is 332 g/mol. The molecule has 6 heteroatoms. The van der Waals surface area contributed by atoms with E-state index < -0.39 is 17.5 Å². The Morgan fingerprint density at radius 3 is 2.27 bits per heavy atom. The lowest BCUT2D eigenvalue weighted by Crippen LogP contribution is -2.33. The molecule has 0 aromatic heterocycles. The summed E-state index contributed by atoms with van der Waals surface area (Å²) in [5.74, 6) is -1.27. The molecule has 0 N–H and O–H groups in total. The van der Waals surface area contributed by atoms with Crippen LogP contribution in [0.1, 0.15) is 53.4 Å². The van der Waals surface area contributed by atoms with Gasteiger partial charge in [0.1, 0.15) is 11.5 Å². The van der Waals surface area contributed by atoms with Gasteiger partial charge in [0, 0.05) is 6.42 Å². The Labute approximate surface area is 137 Å². The van der Waals surface area contributed by atoms with Crippen molar-refractivity contribution in [2.45, 2.75) is 59.0 Å². The summed E-state index contributed by atoms with van der Waals surface area (Å²) in [6, 6.07) is 0. The quantitative estimate of drug-likeness (QED) is 0.348. The van der Waals surface area contributed by atoms with Crippen molar-refractivity contribution in [3.05, 3.63) is 0 Å². The molecule has 0 bridgehead atoms. The summed E-state index contributed by atoms with van der Waals surface area (Å²) >= 11 is 1.39. The smallest absolute Gasteiger partial charge is 0.317 e. The second-order valence-corrected chi connectivity index (χ2v) is 6.90. The van der Waals surface area contributed by atoms with Gasteiger partial charge >= 0.3 is 11.9 Å². The highest BCUT2D eigenvalue weighted by molar-refractivity contribution is 7.99. The first kappa shape index (κ1) is 21.0. The Hall–Kier alpha value is -1.04. The molecule has 22 heavy (non-hydrogen) atoms. The van der Waals surface area contributed by atoms with Crippen LogP contribution < -0.4 is 0 Å². The minimum absolute atomic E-state index is 0.113. The van der Waals surface area contributed by atoms with E-state index in [0.29, 0.717) is 38.0 Å². The van der Waals surface area contributed by atoms with Gasteiger partial charge in [0.15, 0.2) is 5.78 Å². The number of carbonyl (C=O) groups excluding carboxylic acids is 3. The second kappa shape index (κ2) is 10.6. The summed E-state index contributed by atoms with van der Waals surface area (Å²) < 4.78 is 10.2. The van der Waals surface area contributed by atoms with Gasteiger partial charge in [0.25, 0.3) is 0 Å². The Morgan fingerprint density at radius 2 is 1.77 bits per heavy atom. The molecule has 1 atom stereocenters. The third kappa shape index (κ3) is 9.82. The molecule has 128 valence electrons. The van der Waals surface area contributed by atoms with Crippen LogP contribution in [0, 0.1) is 5.92 Å². The van der Waals surface area contributed by atoms with Crippen molar-refractivity contribution < 1.29 is 23.9 Å². The van der Waals surface area contributed by atoms with Gasteiger partial charge in [0.2, 0.25) is 0 Å². The number of esters is 2. The summed E-state index contributed by atoms with van der Waals surface area (Å²) in [6.45, 7) is 7.47. The van der Waals surface area contributed by atoms with Crippen molar-refractivity contribution in [2.24, 2.45) is 5.92 Å². The standard InChI is InChI=1S/C16H28O5S/c1-6-20-14(18)10-8-7-9-12(13(17)11-22-5)15(19)21-16(2,3)4/h12H,6-11H2,1-5H3. The number of ether oxygens (including phenoxy) is 2. The lowest BCUT2D eigenvalue weighted by atomic mass is 9.97. The Kier molecular flexibility index (Phi) is 10.1. The Bertz CT molecular complexity index is 373. The van der Waals surface area contributed by atoms with Crippen molar-refractivity contribution in [3.63, 3.8) is 0 Å². The van der Waals surface area contributed by atoms with E-state index in [4.69, 9.17) is 9.47 Å². The van der Waals surface area contributed by atoms with E-state index in [2.05, 4.69) is 0 Å². The van der Waals surface area contributed by atoms with Crippen molar-refractivity contribution in [1.82, 2.24) is 0 Å². The molecule has 5 nitrogen and oxygen atoms in total. The lowest BCUT2D eigenvalue weighted by Gasteiger charge is -2.23. The summed E-state index contributed by atoms with van der Waals surface area (Å²) in [4.78, 5) is 35.5. The predicted octanol–water partition coefficient (Wildman–Crippen LogP) is 3.00. The zero-order valence-corrected chi connectivity index (χ0v) is 15.1. The first-order valence-corrected chi connectivity index (χ1v) is 9.00. The zero-order chi connectivity index (χ0) is 17.2. The maximum absolute atomic E-state index is 12.2. The predicted molar refractivity (Wildman–Crippen MR) is 87.8 cm³/mol. The average Bonchev–Trinajstić information content (AvgIpc) is 2.36. The number of thioether (sulfide) groups is 1. The van der Waals surface area contributed by atoms with Crippen LogP contribution in [0.5, 0.6) is 0 Å². The summed E-state index contributed by atoms with van der Waals surface area (Å²) in [5, 5.41) is 0. The molecular formula is C16H28O5S. The molecule has 0 amide bonds. The molecule has 0 spiro atoms. The molecule has 0 aliphatic rings. The number of ketones is 1. The molecule has 0 saturated carbocycles. The van der Waals surface area contributed by atoms with Crippen LogP contribution in [0.15, 0.2) is 0 Å². The highest BCUT2D eigenvalue weighted by Crippen LogP contribution is 2.19. The van der Waals surface area contributed by atoms with Crippen LogP contribution in [0.2, 0.25) is 0 Å². The molecule has 0 aromatic carbocycles. The van der Waals surface area contributed by atoms with Crippen LogP contribution in [-0.4, -0.2) is 41.9 Å². The number of Topliss-reactive ketones (excluding diaryl/α,β-unsaturated/α-hetero) is 1. The van der Waals surface area contributed by atoms with Gasteiger partial charge in [-0.05, 0) is 46.8 Å². The summed E-state index contributed by atoms with van der Waals surface area (Å²) in [7, 11) is 0. The van der Waals surface area contributed by atoms with Gasteiger partial charge in [-0.2, -0.15) is 11.8 Å². The van der Waals surface area contributed by atoms with Crippen LogP contribution in [0.3, 0.4) is 0 Å². The van der Waals surface area contributed by atoms with Crippen molar-refractivity contribution in [3.8, 4) is 0 Å². The third-order valence-electron chi connectivity index (χ3n) is 2.80. The normalized spacial score (nSPS) is 12.6. The number of rotatable bonds is 10. The van der Waals surface area contributed by atoms with Crippen LogP contribution in [0.4, 0.5) is 0 Å². The second-order valence-electron chi connectivity index (χ2n) is 6.04. The van der Waals surface area contributed by atoms with E-state index in [1.807, 2.05) is 6.26 Å². The zero-order valence-electron chi connectivity index (χ0n) is 14.3. The van der Waals surface area contributed by atoms with E-state index in [0.717, 1.165) is 0 Å². The number of carbonyl (C=O) groups is 3. The minimum Gasteiger partial charge on any atom is -0.466 e. The maximum atomic E-state index is 12.2. The SMILES string of the molecule is CCOC(=O)CCCCC(C(=O)CSC)C(=O)OC(C)(C)C. The van der Waals surface area contributed by atoms with E-state index in [1.165, 1.54) is 11.8 Å². The largest absolute Gasteiger partial charge is 0.466 e. The van der Waals surface area contributed by atoms with Crippen LogP contribution >= 0.6 is 11.8 Å². The third-order valence-corrected chi connectivity index (χ3v) is 3.37. The first-order valence-electron chi connectivity index (χ1n) is 7.61. The molecule has 0 fully saturated rings. The van der Waals surface area contributed by atoms with E-state index >= 15 is 0 Å². The molecule has 0 aromatic rings. The summed E-state index contributed by atoms with van der Waals surface area (Å²) in [5.41, 5.74) is -0.611. The number of hydrogen-bond donors (Lipinski definition) is 0. The topological polar surface area (TPSA) is 69.7 Å². The molecule has 0 rings (SSSR count). The van der Waals surface area contributed by atoms with Crippen LogP contribution in [0.25, 0.3) is 0 Å². The van der Waals surface area contributed by atoms with Crippen LogP contribution in [-0.2, 0) is 23.9 Å². The van der Waals surface area contributed by atoms with Crippen molar-refractivity contribution in [2.75, 3.05) is 18.6 Å². The summed E-state index contributed by atoms with van der Waals surface area (Å²) in [6.07, 6.45) is 3.76. The fourth-order valence-electron chi connectivity index (χ4n) is 1.88. The number of hydrogen-bond acceptors (Lipinski definition) is 6. The molecule has 1 unspecified atom stereocenters. The highest BCUT2D eigenvalue weighted by Gasteiger charge is 2.30. The van der Waals surface area contributed by atoms with Gasteiger partial charge in [0.05, 0.1) is 12.4 Å². The molecule has 0 radical (unpaired) electrons. The molecule has 0 saturated heterocycles. The average molecular weight is 332 g/mol. The van der Waals surface area contributed by atoms with Gasteiger partial charge < -0.3 is 9.47 Å². The molecule has 0 aliphatic carbocycles. The fourth-order valence-corrected chi connectivity index (χ4v) is 2.36. The maximum Gasteiger partial charge on any atom is 0.317 e. The Balaban J connectivity index is 4.45. The van der Waals surface area contributed by atoms with Crippen molar-refractivity contribution in [1.29, 1.82) is 0 Å². The van der Waals surface area contributed by atoms with Crippen molar-refractivity contribution >= 4 is 29.5 Å². The van der Waals surface area contributed by atoms with Gasteiger partial charge in [-0.15, -0.1) is 0 Å². The molecule has 0 aliphatic heterocycles. The van der Waals surface area contributed by atoms with E-state index in [1.54, 1.807) is 27.7 Å². The lowest BCUT2D eigenvalue weighted by molar-refractivity contribution is -0.162. The number of unbranched alkanes of at least 4 members (excludes halogenated alkanes) is 1. The first-order chi connectivity index (χ1) is 10.2. The molecule has 0 heterocycles. The highest BCUT2D eigenvalue weighted by atomic mass is 32.2. The van der Waals surface area contributed by atoms with Gasteiger partial charge in [-0.1, -0.05) is 6.42 Å². The van der Waals surface area contributed by atoms with E-state index in [9.17, 15) is 14.4 Å². The van der Waals surface area contributed by atoms with Gasteiger partial charge in [-0.25, -0.2) is 0 Å². The van der Waals surface area contributed by atoms with Gasteiger partial charge in [-0.3, -0.25) is 14.4 Å². The van der Waals surface area contributed by atoms with E-state index in [-0.39, 0.29) is 11.8 Å².